The highest BCUT2D eigenvalue weighted by atomic mass is 16.2. The third kappa shape index (κ3) is 3.44. The van der Waals surface area contributed by atoms with Crippen LogP contribution in [-0.2, 0) is 6.54 Å². The molecule has 1 aromatic heterocycles. The highest BCUT2D eigenvalue weighted by molar-refractivity contribution is 6.00. The average Bonchev–Trinajstić information content (AvgIpc) is 3.26. The number of benzene rings is 1. The molecule has 0 radical (unpaired) electrons. The number of nitrogens with one attached hydrogen (secondary N) is 4. The van der Waals surface area contributed by atoms with Gasteiger partial charge in [0.05, 0.1) is 5.69 Å². The van der Waals surface area contributed by atoms with Crippen LogP contribution in [0.25, 0.3) is 0 Å². The molecule has 3 rings (SSSR count). The van der Waals surface area contributed by atoms with Crippen molar-refractivity contribution >= 4 is 23.8 Å². The number of hydrogen-bond acceptors (Lipinski definition) is 5. The van der Waals surface area contributed by atoms with Crippen LogP contribution in [-0.4, -0.2) is 29.1 Å². The Balaban J connectivity index is 1.78. The lowest BCUT2D eigenvalue weighted by atomic mass is 9.97. The summed E-state index contributed by atoms with van der Waals surface area (Å²) in [5.41, 5.74) is 8.17. The van der Waals surface area contributed by atoms with Crippen molar-refractivity contribution in [1.29, 1.82) is 0 Å². The summed E-state index contributed by atoms with van der Waals surface area (Å²) in [6.45, 7) is 1.19. The van der Waals surface area contributed by atoms with Gasteiger partial charge in [-0.2, -0.15) is 5.10 Å². The minimum atomic E-state index is -0.412. The predicted octanol–water partition coefficient (Wildman–Crippen LogP) is 1.75. The SMILES string of the molecule is NCc1cc(NC(=O)Nc2cccc(C=O)c2[C@H]2CCCN2)[nH]n1. The molecule has 8 nitrogen and oxygen atoms in total. The molecule has 24 heavy (non-hydrogen) atoms. The second-order valence-electron chi connectivity index (χ2n) is 5.63. The Morgan fingerprint density at radius 3 is 2.96 bits per heavy atom. The van der Waals surface area contributed by atoms with Gasteiger partial charge >= 0.3 is 6.03 Å². The first-order chi connectivity index (χ1) is 11.7. The van der Waals surface area contributed by atoms with Crippen LogP contribution in [0.5, 0.6) is 0 Å². The van der Waals surface area contributed by atoms with Crippen LogP contribution in [0.2, 0.25) is 0 Å². The van der Waals surface area contributed by atoms with Crippen LogP contribution >= 0.6 is 0 Å². The number of H-pyrrole nitrogens is 1. The quantitative estimate of drug-likeness (QED) is 0.535. The number of carbonyl (C=O) groups excluding carboxylic acids is 2. The molecule has 1 saturated heterocycles. The lowest BCUT2D eigenvalue weighted by Crippen LogP contribution is -2.23. The molecule has 1 aromatic carbocycles. The molecular formula is C16H20N6O2. The minimum absolute atomic E-state index is 0.0673. The summed E-state index contributed by atoms with van der Waals surface area (Å²) in [7, 11) is 0. The van der Waals surface area contributed by atoms with Gasteiger partial charge in [0.15, 0.2) is 0 Å². The van der Waals surface area contributed by atoms with Crippen molar-refractivity contribution in [3.05, 3.63) is 41.1 Å². The van der Waals surface area contributed by atoms with Crippen molar-refractivity contribution in [3.63, 3.8) is 0 Å². The summed E-state index contributed by atoms with van der Waals surface area (Å²) in [5, 5.41) is 15.5. The van der Waals surface area contributed by atoms with Crippen molar-refractivity contribution in [2.24, 2.45) is 5.73 Å². The van der Waals surface area contributed by atoms with E-state index in [1.807, 2.05) is 0 Å². The maximum atomic E-state index is 12.2. The monoisotopic (exact) mass is 328 g/mol. The number of carbonyl (C=O) groups is 2. The maximum absolute atomic E-state index is 12.2. The van der Waals surface area contributed by atoms with E-state index >= 15 is 0 Å². The Morgan fingerprint density at radius 2 is 2.29 bits per heavy atom. The zero-order valence-electron chi connectivity index (χ0n) is 13.1. The van der Waals surface area contributed by atoms with E-state index in [1.165, 1.54) is 0 Å². The summed E-state index contributed by atoms with van der Waals surface area (Å²) >= 11 is 0. The standard InChI is InChI=1S/C16H20N6O2/c17-8-11-7-14(22-21-11)20-16(24)19-13-4-1-3-10(9-23)15(13)12-5-2-6-18-12/h1,3-4,7,9,12,18H,2,5-6,8,17H2,(H3,19,20,21,22,24)/t12-/m1/s1. The molecule has 1 aliphatic heterocycles. The molecule has 0 saturated carbocycles. The van der Waals surface area contributed by atoms with E-state index in [9.17, 15) is 9.59 Å². The molecule has 8 heteroatoms. The van der Waals surface area contributed by atoms with Gasteiger partial charge in [0, 0.05) is 35.5 Å². The van der Waals surface area contributed by atoms with Crippen LogP contribution in [0.1, 0.15) is 40.5 Å². The lowest BCUT2D eigenvalue weighted by Gasteiger charge is -2.18. The molecule has 126 valence electrons. The minimum Gasteiger partial charge on any atom is -0.325 e. The van der Waals surface area contributed by atoms with Gasteiger partial charge in [-0.05, 0) is 25.5 Å². The van der Waals surface area contributed by atoms with Crippen molar-refractivity contribution in [1.82, 2.24) is 15.5 Å². The molecule has 2 aromatic rings. The molecule has 0 aliphatic carbocycles. The summed E-state index contributed by atoms with van der Waals surface area (Å²) in [5.74, 6) is 0.458. The fourth-order valence-electron chi connectivity index (χ4n) is 2.92. The molecule has 6 N–H and O–H groups in total. The van der Waals surface area contributed by atoms with Gasteiger partial charge in [0.2, 0.25) is 0 Å². The van der Waals surface area contributed by atoms with Crippen molar-refractivity contribution in [2.45, 2.75) is 25.4 Å². The molecule has 0 bridgehead atoms. The Morgan fingerprint density at radius 1 is 1.42 bits per heavy atom. The molecule has 1 fully saturated rings. The number of aromatic nitrogens is 2. The van der Waals surface area contributed by atoms with E-state index in [0.29, 0.717) is 29.3 Å². The van der Waals surface area contributed by atoms with Gasteiger partial charge in [-0.15, -0.1) is 0 Å². The maximum Gasteiger partial charge on any atom is 0.324 e. The van der Waals surface area contributed by atoms with Gasteiger partial charge in [-0.3, -0.25) is 15.2 Å². The number of nitrogens with zero attached hydrogens (tertiary/aromatic N) is 1. The fraction of sp³-hybridized carbons (Fsp3) is 0.312. The molecule has 0 spiro atoms. The van der Waals surface area contributed by atoms with E-state index in [0.717, 1.165) is 31.2 Å². The van der Waals surface area contributed by atoms with Crippen LogP contribution < -0.4 is 21.7 Å². The summed E-state index contributed by atoms with van der Waals surface area (Å²) in [6.07, 6.45) is 2.79. The summed E-state index contributed by atoms with van der Waals surface area (Å²) < 4.78 is 0. The number of aldehydes is 1. The van der Waals surface area contributed by atoms with Crippen molar-refractivity contribution in [2.75, 3.05) is 17.2 Å². The zero-order valence-corrected chi connectivity index (χ0v) is 13.1. The molecule has 2 amide bonds. The van der Waals surface area contributed by atoms with Gasteiger partial charge in [-0.1, -0.05) is 12.1 Å². The summed E-state index contributed by atoms with van der Waals surface area (Å²) in [6, 6.07) is 6.62. The number of rotatable bonds is 5. The number of nitrogens with two attached hydrogens (primary N) is 1. The van der Waals surface area contributed by atoms with Gasteiger partial charge < -0.3 is 16.4 Å². The molecule has 1 atom stereocenters. The van der Waals surface area contributed by atoms with Gasteiger partial charge in [-0.25, -0.2) is 4.79 Å². The van der Waals surface area contributed by atoms with Gasteiger partial charge in [0.1, 0.15) is 12.1 Å². The molecule has 0 unspecified atom stereocenters. The number of anilines is 2. The second kappa shape index (κ2) is 7.24. The normalized spacial score (nSPS) is 16.8. The topological polar surface area (TPSA) is 125 Å². The fourth-order valence-corrected chi connectivity index (χ4v) is 2.92. The van der Waals surface area contributed by atoms with E-state index in [2.05, 4.69) is 26.1 Å². The average molecular weight is 328 g/mol. The number of urea groups is 1. The number of amides is 2. The predicted molar refractivity (Wildman–Crippen MR) is 90.9 cm³/mol. The number of aromatic amines is 1. The van der Waals surface area contributed by atoms with E-state index < -0.39 is 6.03 Å². The third-order valence-corrected chi connectivity index (χ3v) is 4.01. The number of hydrogen-bond donors (Lipinski definition) is 5. The Hall–Kier alpha value is -2.71. The third-order valence-electron chi connectivity index (χ3n) is 4.01. The second-order valence-corrected chi connectivity index (χ2v) is 5.63. The highest BCUT2D eigenvalue weighted by Gasteiger charge is 2.23. The Kier molecular flexibility index (Phi) is 4.88. The smallest absolute Gasteiger partial charge is 0.324 e. The van der Waals surface area contributed by atoms with Crippen LogP contribution in [0.4, 0.5) is 16.3 Å². The molecular weight excluding hydrogens is 308 g/mol. The first-order valence-electron chi connectivity index (χ1n) is 7.85. The van der Waals surface area contributed by atoms with E-state index in [1.54, 1.807) is 24.3 Å². The van der Waals surface area contributed by atoms with Gasteiger partial charge in [0.25, 0.3) is 0 Å². The largest absolute Gasteiger partial charge is 0.325 e. The van der Waals surface area contributed by atoms with E-state index in [4.69, 9.17) is 5.73 Å². The van der Waals surface area contributed by atoms with Crippen LogP contribution in [0.15, 0.2) is 24.3 Å². The van der Waals surface area contributed by atoms with E-state index in [-0.39, 0.29) is 6.04 Å². The summed E-state index contributed by atoms with van der Waals surface area (Å²) in [4.78, 5) is 23.6. The van der Waals surface area contributed by atoms with Crippen LogP contribution in [0, 0.1) is 0 Å². The molecule has 2 heterocycles. The zero-order chi connectivity index (χ0) is 16.9. The lowest BCUT2D eigenvalue weighted by molar-refractivity contribution is 0.112. The van der Waals surface area contributed by atoms with Crippen LogP contribution in [0.3, 0.4) is 0 Å². The van der Waals surface area contributed by atoms with Crippen molar-refractivity contribution in [3.8, 4) is 0 Å². The van der Waals surface area contributed by atoms with Crippen molar-refractivity contribution < 1.29 is 9.59 Å². The Labute approximate surface area is 139 Å². The highest BCUT2D eigenvalue weighted by Crippen LogP contribution is 2.31. The Bertz CT molecular complexity index is 736. The first kappa shape index (κ1) is 16.2. The first-order valence-corrected chi connectivity index (χ1v) is 7.85. The molecule has 1 aliphatic rings.